The molecule has 5 nitrogen and oxygen atoms in total. The average Bonchev–Trinajstić information content (AvgIpc) is 3.67. The van der Waals surface area contributed by atoms with Crippen LogP contribution in [-0.2, 0) is 21.1 Å². The summed E-state index contributed by atoms with van der Waals surface area (Å²) in [6.45, 7) is 2.11. The van der Waals surface area contributed by atoms with E-state index >= 15 is 0 Å². The summed E-state index contributed by atoms with van der Waals surface area (Å²) in [5, 5.41) is 11.1. The average molecular weight is 845 g/mol. The van der Waals surface area contributed by atoms with Gasteiger partial charge in [0.05, 0.1) is 7.05 Å². The second-order valence-electron chi connectivity index (χ2n) is 12.5. The van der Waals surface area contributed by atoms with E-state index in [4.69, 9.17) is 9.92 Å². The molecule has 0 radical (unpaired) electrons. The molecule has 0 spiro atoms. The Hall–Kier alpha value is -5.26. The molecule has 7 heteroatoms. The van der Waals surface area contributed by atoms with Crippen LogP contribution in [0.3, 0.4) is 0 Å². The molecule has 1 aliphatic rings. The Balaban J connectivity index is 0.00000361. The predicted octanol–water partition coefficient (Wildman–Crippen LogP) is 6.89. The van der Waals surface area contributed by atoms with Gasteiger partial charge in [0.25, 0.3) is 0 Å². The number of hydroxylamine groups is 1. The first-order valence-corrected chi connectivity index (χ1v) is 18.5. The van der Waals surface area contributed by atoms with Gasteiger partial charge in [0.15, 0.2) is 0 Å². The topological polar surface area (TPSA) is 37.1 Å². The van der Waals surface area contributed by atoms with Crippen molar-refractivity contribution in [3.05, 3.63) is 176 Å². The number of rotatable bonds is 6. The van der Waals surface area contributed by atoms with Crippen LogP contribution in [0, 0.1) is 19.1 Å². The summed E-state index contributed by atoms with van der Waals surface area (Å²) in [6, 6.07) is 62.1. The summed E-state index contributed by atoms with van der Waals surface area (Å²) in [6.07, 6.45) is 1.89. The van der Waals surface area contributed by atoms with Crippen molar-refractivity contribution in [3.8, 4) is 5.82 Å². The van der Waals surface area contributed by atoms with Crippen LogP contribution < -0.4 is 30.9 Å². The Morgan fingerprint density at radius 1 is 0.620 bits per heavy atom. The normalized spacial score (nSPS) is 12.7. The monoisotopic (exact) mass is 844 g/mol. The van der Waals surface area contributed by atoms with E-state index in [1.807, 2.05) is 29.4 Å². The largest absolute Gasteiger partial charge is 0.319 e. The Morgan fingerprint density at radius 3 is 2.02 bits per heavy atom. The molecule has 3 heterocycles. The maximum atomic E-state index is 4.92. The van der Waals surface area contributed by atoms with Crippen molar-refractivity contribution in [2.75, 3.05) is 17.2 Å². The first kappa shape index (κ1) is 32.0. The van der Waals surface area contributed by atoms with Crippen LogP contribution in [0.2, 0.25) is 0 Å². The second kappa shape index (κ2) is 12.9. The van der Waals surface area contributed by atoms with Gasteiger partial charge in [0.1, 0.15) is 25.3 Å². The van der Waals surface area contributed by atoms with Crippen LogP contribution in [0.1, 0.15) is 5.56 Å². The van der Waals surface area contributed by atoms with Gasteiger partial charge in [-0.05, 0) is 58.6 Å². The smallest absolute Gasteiger partial charge is 0.145 e. The zero-order valence-electron chi connectivity index (χ0n) is 27.6. The number of aromatic nitrogens is 2. The first-order valence-electron chi connectivity index (χ1n) is 16.5. The fourth-order valence-electron chi connectivity index (χ4n) is 7.43. The number of benzene rings is 6. The van der Waals surface area contributed by atoms with E-state index in [1.165, 1.54) is 15.8 Å². The molecule has 0 atom stereocenters. The number of para-hydroxylation sites is 3. The summed E-state index contributed by atoms with van der Waals surface area (Å²) in [5.41, 5.74) is 6.29. The van der Waals surface area contributed by atoms with E-state index in [9.17, 15) is 0 Å². The zero-order valence-corrected chi connectivity index (χ0v) is 30.8. The minimum atomic E-state index is -3.02. The molecule has 9 rings (SSSR count). The quantitative estimate of drug-likeness (QED) is 0.0793. The number of aryl methyl sites for hydroxylation is 1. The van der Waals surface area contributed by atoms with E-state index in [0.717, 1.165) is 55.2 Å². The molecule has 6 aromatic carbocycles. The molecule has 1 N–H and O–H groups in total. The molecule has 0 saturated carbocycles. The van der Waals surface area contributed by atoms with Gasteiger partial charge in [-0.3, -0.25) is 0 Å². The van der Waals surface area contributed by atoms with Crippen molar-refractivity contribution in [2.45, 2.75) is 6.92 Å². The van der Waals surface area contributed by atoms with Gasteiger partial charge in [-0.15, -0.1) is 21.6 Å². The third-order valence-electron chi connectivity index (χ3n) is 9.63. The van der Waals surface area contributed by atoms with Crippen molar-refractivity contribution < 1.29 is 26.0 Å². The van der Waals surface area contributed by atoms with Crippen molar-refractivity contribution >= 4 is 67.7 Å². The third kappa shape index (κ3) is 5.02. The molecule has 246 valence electrons. The molecule has 0 bridgehead atoms. The Bertz CT molecular complexity index is 2440. The summed E-state index contributed by atoms with van der Waals surface area (Å²) >= 11 is 0. The standard InChI is InChI=1S/C43H32N4OSi.Pt/c1-31-26-27-44-43(28-31)46-39-21-10-9-20-37(39)38-25-24-36(30-42(38)46)49(33-15-5-3-6-16-33,34-17-7-4-8-18-34)35-19-13-14-32(29-35)47-41-23-12-11-22-40(41)45(2)48-47;/h3-28H,1-2H3;/q-2;/p+1. The zero-order chi connectivity index (χ0) is 33.0. The molecule has 8 aromatic rings. The fraction of sp³-hybridized carbons (Fsp3) is 0.0465. The Labute approximate surface area is 307 Å². The van der Waals surface area contributed by atoms with E-state index in [-0.39, 0.29) is 21.1 Å². The van der Waals surface area contributed by atoms with E-state index in [0.29, 0.717) is 0 Å². The molecule has 0 amide bonds. The third-order valence-corrected chi connectivity index (χ3v) is 14.2. The molecule has 2 aromatic heterocycles. The first-order chi connectivity index (χ1) is 24.1. The molecular formula is C43H33N4OPtSi-. The molecule has 1 aliphatic heterocycles. The minimum Gasteiger partial charge on any atom is -0.319 e. The van der Waals surface area contributed by atoms with E-state index < -0.39 is 8.07 Å². The van der Waals surface area contributed by atoms with Crippen LogP contribution in [0.5, 0.6) is 0 Å². The van der Waals surface area contributed by atoms with Crippen molar-refractivity contribution in [1.82, 2.24) is 9.55 Å². The number of hydrogen-bond donors (Lipinski definition) is 0. The maximum absolute atomic E-state index is 4.92. The molecule has 0 unspecified atom stereocenters. The van der Waals surface area contributed by atoms with Crippen molar-refractivity contribution in [3.63, 3.8) is 0 Å². The van der Waals surface area contributed by atoms with Gasteiger partial charge in [0.2, 0.25) is 0 Å². The summed E-state index contributed by atoms with van der Waals surface area (Å²) in [4.78, 5) is 9.78. The molecule has 0 fully saturated rings. The van der Waals surface area contributed by atoms with Gasteiger partial charge in [-0.2, -0.15) is 51.7 Å². The number of pyridine rings is 1. The number of hydrogen-bond acceptors (Lipinski definition) is 3. The number of anilines is 3. The van der Waals surface area contributed by atoms with Crippen LogP contribution in [0.15, 0.2) is 158 Å². The predicted molar refractivity (Wildman–Crippen MR) is 203 cm³/mol. The molecular weight excluding hydrogens is 812 g/mol. The molecule has 50 heavy (non-hydrogen) atoms. The molecule has 0 saturated heterocycles. The number of nitrogens with zero attached hydrogens (tertiary/aromatic N) is 4. The van der Waals surface area contributed by atoms with Crippen LogP contribution in [0.4, 0.5) is 17.1 Å². The van der Waals surface area contributed by atoms with Crippen molar-refractivity contribution in [2.24, 2.45) is 0 Å². The summed E-state index contributed by atoms with van der Waals surface area (Å²) in [5.74, 6) is 0.887. The van der Waals surface area contributed by atoms with Crippen molar-refractivity contribution in [1.29, 1.82) is 0 Å². The second-order valence-corrected chi connectivity index (χ2v) is 16.3. The van der Waals surface area contributed by atoms with Gasteiger partial charge in [-0.1, -0.05) is 96.5 Å². The summed E-state index contributed by atoms with van der Waals surface area (Å²) in [7, 11) is -1.03. The Morgan fingerprint density at radius 2 is 1.28 bits per heavy atom. The van der Waals surface area contributed by atoms with E-state index in [2.05, 4.69) is 169 Å². The van der Waals surface area contributed by atoms with Gasteiger partial charge < -0.3 is 4.57 Å². The SMILES string of the molecule is Cc1ccnc(-n2c3[c-]c([Si](c4[c-]c(N5[OH+]N(C)c6ccccc65)ccc4)(c4ccccc4)c4ccccc4)ccc3c3ccccc32)c1.[Pt]. The van der Waals surface area contributed by atoms with Crippen LogP contribution in [0.25, 0.3) is 27.6 Å². The fourth-order valence-corrected chi connectivity index (χ4v) is 12.0. The van der Waals surface area contributed by atoms with E-state index in [1.54, 1.807) is 0 Å². The number of fused-ring (bicyclic) bond motifs is 4. The molecule has 0 aliphatic carbocycles. The summed E-state index contributed by atoms with van der Waals surface area (Å²) < 4.78 is 2.27. The van der Waals surface area contributed by atoms with Gasteiger partial charge >= 0.3 is 0 Å². The van der Waals surface area contributed by atoms with Gasteiger partial charge in [0, 0.05) is 38.5 Å². The minimum absolute atomic E-state index is 0. The Kier molecular flexibility index (Phi) is 8.24. The van der Waals surface area contributed by atoms with Gasteiger partial charge in [-0.25, -0.2) is 4.98 Å². The maximum Gasteiger partial charge on any atom is 0.145 e. The van der Waals surface area contributed by atoms with Crippen LogP contribution >= 0.6 is 0 Å². The van der Waals surface area contributed by atoms with Crippen LogP contribution in [-0.4, -0.2) is 29.6 Å².